The van der Waals surface area contributed by atoms with Gasteiger partial charge in [0.1, 0.15) is 0 Å². The van der Waals surface area contributed by atoms with Crippen LogP contribution in [0.3, 0.4) is 0 Å². The Balaban J connectivity index is 1.91. The van der Waals surface area contributed by atoms with Crippen molar-refractivity contribution in [3.8, 4) is 0 Å². The van der Waals surface area contributed by atoms with Crippen LogP contribution in [0.25, 0.3) is 0 Å². The number of pyridine rings is 1. The molecule has 15 heavy (non-hydrogen) atoms. The van der Waals surface area contributed by atoms with Crippen LogP contribution in [0.5, 0.6) is 0 Å². The Kier molecular flexibility index (Phi) is 3.06. The van der Waals surface area contributed by atoms with Gasteiger partial charge in [-0.15, -0.1) is 0 Å². The summed E-state index contributed by atoms with van der Waals surface area (Å²) in [4.78, 5) is 4.07. The monoisotopic (exact) mass is 205 g/mol. The Morgan fingerprint density at radius 2 is 2.33 bits per heavy atom. The topological polar surface area (TPSA) is 33.1 Å². The molecular formula is C13H19NO. The van der Waals surface area contributed by atoms with E-state index in [1.54, 1.807) is 6.20 Å². The normalized spacial score (nSPS) is 20.7. The first-order chi connectivity index (χ1) is 7.16. The predicted octanol–water partition coefficient (Wildman–Crippen LogP) is 2.57. The molecule has 0 aliphatic heterocycles. The molecule has 0 amide bonds. The fourth-order valence-corrected chi connectivity index (χ4v) is 2.33. The maximum absolute atomic E-state index is 10.3. The molecule has 0 aromatic carbocycles. The van der Waals surface area contributed by atoms with E-state index in [9.17, 15) is 5.11 Å². The third kappa shape index (κ3) is 3.03. The van der Waals surface area contributed by atoms with Gasteiger partial charge in [-0.2, -0.15) is 0 Å². The molecule has 2 rings (SSSR count). The smallest absolute Gasteiger partial charge is 0.0663 e. The number of aliphatic hydroxyl groups is 1. The molecule has 2 nitrogen and oxygen atoms in total. The Morgan fingerprint density at radius 1 is 1.53 bits per heavy atom. The fourth-order valence-electron chi connectivity index (χ4n) is 2.33. The second kappa shape index (κ2) is 4.31. The molecule has 1 aliphatic carbocycles. The molecule has 0 radical (unpaired) electrons. The van der Waals surface area contributed by atoms with Gasteiger partial charge in [0, 0.05) is 18.8 Å². The molecule has 1 unspecified atom stereocenters. The molecule has 1 aromatic rings. The first-order valence-electron chi connectivity index (χ1n) is 5.77. The highest BCUT2D eigenvalue weighted by atomic mass is 16.3. The van der Waals surface area contributed by atoms with Gasteiger partial charge in [-0.1, -0.05) is 25.3 Å². The lowest BCUT2D eigenvalue weighted by atomic mass is 9.76. The standard InChI is InChI=1S/C13H19NO/c1-13(15,8-11-4-2-5-11)9-12-6-3-7-14-10-12/h3,6-7,10-11,15H,2,4-5,8-9H2,1H3. The van der Waals surface area contributed by atoms with E-state index >= 15 is 0 Å². The zero-order valence-corrected chi connectivity index (χ0v) is 9.32. The quantitative estimate of drug-likeness (QED) is 0.819. The molecule has 0 spiro atoms. The lowest BCUT2D eigenvalue weighted by Gasteiger charge is -2.33. The maximum atomic E-state index is 10.3. The average molecular weight is 205 g/mol. The van der Waals surface area contributed by atoms with Crippen LogP contribution in [-0.2, 0) is 6.42 Å². The zero-order valence-electron chi connectivity index (χ0n) is 9.32. The number of rotatable bonds is 4. The van der Waals surface area contributed by atoms with E-state index in [1.165, 1.54) is 19.3 Å². The van der Waals surface area contributed by atoms with Crippen molar-refractivity contribution in [2.45, 2.75) is 44.6 Å². The first-order valence-corrected chi connectivity index (χ1v) is 5.77. The van der Waals surface area contributed by atoms with Crippen LogP contribution in [0.2, 0.25) is 0 Å². The SMILES string of the molecule is CC(O)(Cc1cccnc1)CC1CCC1. The average Bonchev–Trinajstić information content (AvgIpc) is 2.13. The fraction of sp³-hybridized carbons (Fsp3) is 0.615. The molecule has 1 aromatic heterocycles. The minimum Gasteiger partial charge on any atom is -0.390 e. The van der Waals surface area contributed by atoms with Crippen molar-refractivity contribution in [1.82, 2.24) is 4.98 Å². The van der Waals surface area contributed by atoms with Gasteiger partial charge >= 0.3 is 0 Å². The highest BCUT2D eigenvalue weighted by Gasteiger charge is 2.28. The van der Waals surface area contributed by atoms with Crippen LogP contribution < -0.4 is 0 Å². The molecule has 1 saturated carbocycles. The maximum Gasteiger partial charge on any atom is 0.0663 e. The summed E-state index contributed by atoms with van der Waals surface area (Å²) >= 11 is 0. The summed E-state index contributed by atoms with van der Waals surface area (Å²) in [7, 11) is 0. The van der Waals surface area contributed by atoms with Gasteiger partial charge in [0.25, 0.3) is 0 Å². The van der Waals surface area contributed by atoms with Gasteiger partial charge in [0.2, 0.25) is 0 Å². The van der Waals surface area contributed by atoms with E-state index in [0.717, 1.165) is 24.3 Å². The van der Waals surface area contributed by atoms with Crippen LogP contribution in [0, 0.1) is 5.92 Å². The summed E-state index contributed by atoms with van der Waals surface area (Å²) in [6.07, 6.45) is 9.19. The first kappa shape index (κ1) is 10.6. The van der Waals surface area contributed by atoms with E-state index in [1.807, 2.05) is 25.3 Å². The van der Waals surface area contributed by atoms with Gasteiger partial charge < -0.3 is 5.11 Å². The Hall–Kier alpha value is -0.890. The summed E-state index contributed by atoms with van der Waals surface area (Å²) in [5.74, 6) is 0.747. The second-order valence-electron chi connectivity index (χ2n) is 5.04. The zero-order chi connectivity index (χ0) is 10.7. The van der Waals surface area contributed by atoms with Gasteiger partial charge in [-0.05, 0) is 30.9 Å². The number of nitrogens with zero attached hydrogens (tertiary/aromatic N) is 1. The van der Waals surface area contributed by atoms with Crippen molar-refractivity contribution in [3.63, 3.8) is 0 Å². The van der Waals surface area contributed by atoms with Crippen molar-refractivity contribution in [1.29, 1.82) is 0 Å². The molecule has 1 fully saturated rings. The Morgan fingerprint density at radius 3 is 2.87 bits per heavy atom. The summed E-state index contributed by atoms with van der Waals surface area (Å²) in [6.45, 7) is 1.94. The third-order valence-corrected chi connectivity index (χ3v) is 3.26. The van der Waals surface area contributed by atoms with Crippen LogP contribution in [0.1, 0.15) is 38.2 Å². The minimum atomic E-state index is -0.561. The molecule has 82 valence electrons. The highest BCUT2D eigenvalue weighted by Crippen LogP contribution is 2.34. The molecule has 1 atom stereocenters. The minimum absolute atomic E-state index is 0.561. The van der Waals surface area contributed by atoms with Crippen LogP contribution in [0.4, 0.5) is 0 Å². The van der Waals surface area contributed by atoms with E-state index in [-0.39, 0.29) is 0 Å². The van der Waals surface area contributed by atoms with Gasteiger partial charge in [-0.3, -0.25) is 4.98 Å². The van der Waals surface area contributed by atoms with E-state index < -0.39 is 5.60 Å². The van der Waals surface area contributed by atoms with Gasteiger partial charge in [0.05, 0.1) is 5.60 Å². The third-order valence-electron chi connectivity index (χ3n) is 3.26. The number of aromatic nitrogens is 1. The lowest BCUT2D eigenvalue weighted by Crippen LogP contribution is -2.32. The second-order valence-corrected chi connectivity index (χ2v) is 5.04. The predicted molar refractivity (Wildman–Crippen MR) is 60.5 cm³/mol. The molecule has 1 N–H and O–H groups in total. The molecule has 1 aliphatic rings. The van der Waals surface area contributed by atoms with Gasteiger partial charge in [0.15, 0.2) is 0 Å². The summed E-state index contributed by atoms with van der Waals surface area (Å²) in [5.41, 5.74) is 0.565. The van der Waals surface area contributed by atoms with E-state index in [4.69, 9.17) is 0 Å². The van der Waals surface area contributed by atoms with E-state index in [0.29, 0.717) is 0 Å². The number of hydrogen-bond acceptors (Lipinski definition) is 2. The molecular weight excluding hydrogens is 186 g/mol. The molecule has 2 heteroatoms. The largest absolute Gasteiger partial charge is 0.390 e. The molecule has 0 saturated heterocycles. The van der Waals surface area contributed by atoms with Crippen molar-refractivity contribution >= 4 is 0 Å². The Labute approximate surface area is 91.4 Å². The van der Waals surface area contributed by atoms with Crippen LogP contribution >= 0.6 is 0 Å². The number of hydrogen-bond donors (Lipinski definition) is 1. The van der Waals surface area contributed by atoms with Crippen molar-refractivity contribution in [2.75, 3.05) is 0 Å². The van der Waals surface area contributed by atoms with E-state index in [2.05, 4.69) is 4.98 Å². The summed E-state index contributed by atoms with van der Waals surface area (Å²) in [6, 6.07) is 3.96. The van der Waals surface area contributed by atoms with Crippen molar-refractivity contribution < 1.29 is 5.11 Å². The molecule has 0 bridgehead atoms. The lowest BCUT2D eigenvalue weighted by molar-refractivity contribution is 0.0203. The van der Waals surface area contributed by atoms with Crippen LogP contribution in [0.15, 0.2) is 24.5 Å². The summed E-state index contributed by atoms with van der Waals surface area (Å²) < 4.78 is 0. The van der Waals surface area contributed by atoms with Gasteiger partial charge in [-0.25, -0.2) is 0 Å². The highest BCUT2D eigenvalue weighted by molar-refractivity contribution is 5.11. The summed E-state index contributed by atoms with van der Waals surface area (Å²) in [5, 5.41) is 10.3. The Bertz CT molecular complexity index is 304. The molecule has 1 heterocycles. The van der Waals surface area contributed by atoms with Crippen molar-refractivity contribution in [2.24, 2.45) is 5.92 Å². The van der Waals surface area contributed by atoms with Crippen molar-refractivity contribution in [3.05, 3.63) is 30.1 Å². The van der Waals surface area contributed by atoms with Crippen LogP contribution in [-0.4, -0.2) is 15.7 Å².